The van der Waals surface area contributed by atoms with Crippen molar-refractivity contribution in [3.8, 4) is 11.5 Å². The highest BCUT2D eigenvalue weighted by atomic mass is 16.5. The van der Waals surface area contributed by atoms with E-state index in [0.717, 1.165) is 18.5 Å². The van der Waals surface area contributed by atoms with Gasteiger partial charge in [0.1, 0.15) is 0 Å². The van der Waals surface area contributed by atoms with Crippen LogP contribution in [0, 0.1) is 0 Å². The van der Waals surface area contributed by atoms with Gasteiger partial charge in [0.2, 0.25) is 0 Å². The van der Waals surface area contributed by atoms with E-state index < -0.39 is 0 Å². The number of carbonyl (C=O) groups is 1. The molecule has 1 atom stereocenters. The Bertz CT molecular complexity index is 537. The molecule has 0 spiro atoms. The second kappa shape index (κ2) is 7.84. The van der Waals surface area contributed by atoms with Gasteiger partial charge in [-0.15, -0.1) is 6.58 Å². The molecule has 0 aromatic heterocycles. The van der Waals surface area contributed by atoms with Gasteiger partial charge in [0.05, 0.1) is 14.2 Å². The normalized spacial score (nSPS) is 17.1. The van der Waals surface area contributed by atoms with E-state index in [1.54, 1.807) is 26.4 Å². The molecule has 1 aromatic carbocycles. The summed E-state index contributed by atoms with van der Waals surface area (Å²) in [7, 11) is 3.16. The molecular formula is C17H24N2O3. The Balaban J connectivity index is 2.15. The zero-order valence-corrected chi connectivity index (χ0v) is 13.3. The van der Waals surface area contributed by atoms with Crippen molar-refractivity contribution in [2.75, 3.05) is 27.3 Å². The van der Waals surface area contributed by atoms with Crippen LogP contribution in [0.5, 0.6) is 11.5 Å². The summed E-state index contributed by atoms with van der Waals surface area (Å²) in [6, 6.07) is 3.92. The molecule has 1 aliphatic heterocycles. The van der Waals surface area contributed by atoms with E-state index in [-0.39, 0.29) is 5.91 Å². The summed E-state index contributed by atoms with van der Waals surface area (Å²) >= 11 is 0. The molecule has 0 radical (unpaired) electrons. The lowest BCUT2D eigenvalue weighted by Crippen LogP contribution is -2.37. The predicted octanol–water partition coefficient (Wildman–Crippen LogP) is 1.91. The SMILES string of the molecule is C=CCc1cc(C(=O)NCC2CCCN2)cc(OC)c1OC. The molecule has 0 aliphatic carbocycles. The first-order valence-electron chi connectivity index (χ1n) is 7.57. The lowest BCUT2D eigenvalue weighted by atomic mass is 10.0. The van der Waals surface area contributed by atoms with Gasteiger partial charge in [0.25, 0.3) is 5.91 Å². The number of ether oxygens (including phenoxy) is 2. The van der Waals surface area contributed by atoms with Crippen LogP contribution in [0.4, 0.5) is 0 Å². The number of carbonyl (C=O) groups excluding carboxylic acids is 1. The Labute approximate surface area is 131 Å². The number of hydrogen-bond donors (Lipinski definition) is 2. The van der Waals surface area contributed by atoms with Crippen LogP contribution < -0.4 is 20.1 Å². The minimum atomic E-state index is -0.0973. The molecule has 1 heterocycles. The predicted molar refractivity (Wildman–Crippen MR) is 86.8 cm³/mol. The van der Waals surface area contributed by atoms with E-state index in [1.165, 1.54) is 6.42 Å². The zero-order chi connectivity index (χ0) is 15.9. The first-order valence-corrected chi connectivity index (χ1v) is 7.57. The van der Waals surface area contributed by atoms with E-state index in [9.17, 15) is 4.79 Å². The molecule has 1 saturated heterocycles. The molecule has 1 aliphatic rings. The van der Waals surface area contributed by atoms with Crippen LogP contribution in [-0.2, 0) is 6.42 Å². The zero-order valence-electron chi connectivity index (χ0n) is 13.3. The van der Waals surface area contributed by atoms with Gasteiger partial charge in [-0.1, -0.05) is 6.08 Å². The van der Waals surface area contributed by atoms with Crippen LogP contribution in [0.1, 0.15) is 28.8 Å². The third kappa shape index (κ3) is 3.80. The maximum absolute atomic E-state index is 12.4. The van der Waals surface area contributed by atoms with E-state index in [1.807, 2.05) is 6.07 Å². The van der Waals surface area contributed by atoms with Crippen molar-refractivity contribution < 1.29 is 14.3 Å². The van der Waals surface area contributed by atoms with Crippen molar-refractivity contribution in [3.63, 3.8) is 0 Å². The fourth-order valence-electron chi connectivity index (χ4n) is 2.73. The average Bonchev–Trinajstić information content (AvgIpc) is 3.05. The highest BCUT2D eigenvalue weighted by Gasteiger charge is 2.18. The quantitative estimate of drug-likeness (QED) is 0.756. The summed E-state index contributed by atoms with van der Waals surface area (Å²) in [6.07, 6.45) is 4.67. The van der Waals surface area contributed by atoms with E-state index in [0.29, 0.717) is 36.1 Å². The van der Waals surface area contributed by atoms with Gasteiger partial charge in [-0.25, -0.2) is 0 Å². The molecule has 5 nitrogen and oxygen atoms in total. The summed E-state index contributed by atoms with van der Waals surface area (Å²) < 4.78 is 10.7. The van der Waals surface area contributed by atoms with Crippen LogP contribution >= 0.6 is 0 Å². The summed E-state index contributed by atoms with van der Waals surface area (Å²) in [5, 5.41) is 6.34. The Kier molecular flexibility index (Phi) is 5.83. The molecule has 0 bridgehead atoms. The molecule has 1 fully saturated rings. The molecule has 1 amide bonds. The van der Waals surface area contributed by atoms with Crippen LogP contribution in [0.3, 0.4) is 0 Å². The van der Waals surface area contributed by atoms with Crippen LogP contribution in [0.15, 0.2) is 24.8 Å². The molecule has 2 rings (SSSR count). The second-order valence-corrected chi connectivity index (χ2v) is 5.37. The topological polar surface area (TPSA) is 59.6 Å². The van der Waals surface area contributed by atoms with E-state index in [4.69, 9.17) is 9.47 Å². The smallest absolute Gasteiger partial charge is 0.251 e. The summed E-state index contributed by atoms with van der Waals surface area (Å²) in [5.41, 5.74) is 1.47. The van der Waals surface area contributed by atoms with Crippen LogP contribution in [-0.4, -0.2) is 39.3 Å². The minimum absolute atomic E-state index is 0.0973. The van der Waals surface area contributed by atoms with Crippen molar-refractivity contribution in [2.24, 2.45) is 0 Å². The van der Waals surface area contributed by atoms with Crippen molar-refractivity contribution in [3.05, 3.63) is 35.9 Å². The van der Waals surface area contributed by atoms with Gasteiger partial charge < -0.3 is 20.1 Å². The van der Waals surface area contributed by atoms with E-state index >= 15 is 0 Å². The fourth-order valence-corrected chi connectivity index (χ4v) is 2.73. The highest BCUT2D eigenvalue weighted by molar-refractivity contribution is 5.95. The summed E-state index contributed by atoms with van der Waals surface area (Å²) in [4.78, 5) is 12.4. The lowest BCUT2D eigenvalue weighted by molar-refractivity contribution is 0.0950. The average molecular weight is 304 g/mol. The molecule has 120 valence electrons. The number of benzene rings is 1. The number of allylic oxidation sites excluding steroid dienone is 1. The molecule has 5 heteroatoms. The Morgan fingerprint density at radius 2 is 2.27 bits per heavy atom. The minimum Gasteiger partial charge on any atom is -0.493 e. The standard InChI is InChI=1S/C17H24N2O3/c1-4-6-12-9-13(10-15(21-2)16(12)22-3)17(20)19-11-14-7-5-8-18-14/h4,9-10,14,18H,1,5-8,11H2,2-3H3,(H,19,20). The highest BCUT2D eigenvalue weighted by Crippen LogP contribution is 2.33. The van der Waals surface area contributed by atoms with Gasteiger partial charge in [0, 0.05) is 23.7 Å². The van der Waals surface area contributed by atoms with Crippen molar-refractivity contribution >= 4 is 5.91 Å². The number of methoxy groups -OCH3 is 2. The number of rotatable bonds is 7. The molecule has 0 saturated carbocycles. The first-order chi connectivity index (χ1) is 10.7. The van der Waals surface area contributed by atoms with Crippen molar-refractivity contribution in [2.45, 2.75) is 25.3 Å². The van der Waals surface area contributed by atoms with Gasteiger partial charge in [0.15, 0.2) is 11.5 Å². The number of amides is 1. The van der Waals surface area contributed by atoms with Crippen molar-refractivity contribution in [1.82, 2.24) is 10.6 Å². The van der Waals surface area contributed by atoms with Gasteiger partial charge in [-0.2, -0.15) is 0 Å². The van der Waals surface area contributed by atoms with Crippen molar-refractivity contribution in [1.29, 1.82) is 0 Å². The maximum atomic E-state index is 12.4. The molecule has 22 heavy (non-hydrogen) atoms. The largest absolute Gasteiger partial charge is 0.493 e. The third-order valence-corrected chi connectivity index (χ3v) is 3.85. The number of hydrogen-bond acceptors (Lipinski definition) is 4. The Morgan fingerprint density at radius 1 is 1.45 bits per heavy atom. The summed E-state index contributed by atoms with van der Waals surface area (Å²) in [5.74, 6) is 1.11. The fraction of sp³-hybridized carbons (Fsp3) is 0.471. The molecule has 2 N–H and O–H groups in total. The van der Waals surface area contributed by atoms with E-state index in [2.05, 4.69) is 17.2 Å². The van der Waals surface area contributed by atoms with Crippen LogP contribution in [0.2, 0.25) is 0 Å². The van der Waals surface area contributed by atoms with Crippen LogP contribution in [0.25, 0.3) is 0 Å². The monoisotopic (exact) mass is 304 g/mol. The van der Waals surface area contributed by atoms with Gasteiger partial charge >= 0.3 is 0 Å². The second-order valence-electron chi connectivity index (χ2n) is 5.37. The molecular weight excluding hydrogens is 280 g/mol. The van der Waals surface area contributed by atoms with Gasteiger partial charge in [-0.3, -0.25) is 4.79 Å². The number of nitrogens with one attached hydrogen (secondary N) is 2. The third-order valence-electron chi connectivity index (χ3n) is 3.85. The van der Waals surface area contributed by atoms with Gasteiger partial charge in [-0.05, 0) is 37.9 Å². The first kappa shape index (κ1) is 16.4. The summed E-state index contributed by atoms with van der Waals surface area (Å²) in [6.45, 7) is 5.42. The Morgan fingerprint density at radius 3 is 2.86 bits per heavy atom. The lowest BCUT2D eigenvalue weighted by Gasteiger charge is -2.15. The maximum Gasteiger partial charge on any atom is 0.251 e. The Hall–Kier alpha value is -2.01. The molecule has 1 aromatic rings. The molecule has 1 unspecified atom stereocenters.